The van der Waals surface area contributed by atoms with E-state index in [1.165, 1.54) is 25.1 Å². The number of carbonyl (C=O) groups excluding carboxylic acids is 1. The molecule has 0 aliphatic carbocycles. The van der Waals surface area contributed by atoms with Gasteiger partial charge in [0.25, 0.3) is 0 Å². The summed E-state index contributed by atoms with van der Waals surface area (Å²) in [6.07, 6.45) is 3.30. The Labute approximate surface area is 140 Å². The van der Waals surface area contributed by atoms with E-state index in [9.17, 15) is 4.79 Å². The first-order valence-corrected chi connectivity index (χ1v) is 9.02. The predicted octanol–water partition coefficient (Wildman–Crippen LogP) is 2.46. The third-order valence-corrected chi connectivity index (χ3v) is 5.14. The summed E-state index contributed by atoms with van der Waals surface area (Å²) in [5.74, 6) is 1.12. The molecule has 126 valence electrons. The van der Waals surface area contributed by atoms with Gasteiger partial charge in [-0.3, -0.25) is 4.79 Å². The summed E-state index contributed by atoms with van der Waals surface area (Å²) in [6.45, 7) is 9.16. The highest BCUT2D eigenvalue weighted by Crippen LogP contribution is 2.17. The number of piperidine rings is 1. The molecule has 0 bridgehead atoms. The van der Waals surface area contributed by atoms with Gasteiger partial charge < -0.3 is 14.7 Å². The maximum absolute atomic E-state index is 12.4. The van der Waals surface area contributed by atoms with E-state index in [-0.39, 0.29) is 0 Å². The van der Waals surface area contributed by atoms with Gasteiger partial charge >= 0.3 is 0 Å². The van der Waals surface area contributed by atoms with Crippen LogP contribution in [0.1, 0.15) is 26.2 Å². The van der Waals surface area contributed by atoms with Gasteiger partial charge in [0.05, 0.1) is 0 Å². The standard InChI is InChI=1S/C19H29N3O/c1-17-6-5-10-20(16-17)11-9-19(23)22-14-12-21(13-15-22)18-7-3-2-4-8-18/h2-4,7-8,17H,5-6,9-16H2,1H3/t17-/m1/s1. The number of amides is 1. The second-order valence-electron chi connectivity index (χ2n) is 7.00. The Morgan fingerprint density at radius 1 is 1.09 bits per heavy atom. The van der Waals surface area contributed by atoms with Crippen molar-refractivity contribution in [3.63, 3.8) is 0 Å². The quantitative estimate of drug-likeness (QED) is 0.854. The lowest BCUT2D eigenvalue weighted by molar-refractivity contribution is -0.131. The first-order chi connectivity index (χ1) is 11.2. The number of benzene rings is 1. The number of rotatable bonds is 4. The minimum atomic E-state index is 0.330. The highest BCUT2D eigenvalue weighted by atomic mass is 16.2. The molecular weight excluding hydrogens is 286 g/mol. The number of piperazine rings is 1. The Kier molecular flexibility index (Phi) is 5.55. The Bertz CT molecular complexity index is 497. The predicted molar refractivity (Wildman–Crippen MR) is 94.7 cm³/mol. The Balaban J connectivity index is 1.41. The van der Waals surface area contributed by atoms with Crippen molar-refractivity contribution in [1.82, 2.24) is 9.80 Å². The lowest BCUT2D eigenvalue weighted by Gasteiger charge is -2.37. The van der Waals surface area contributed by atoms with Gasteiger partial charge in [-0.2, -0.15) is 0 Å². The number of anilines is 1. The van der Waals surface area contributed by atoms with Crippen molar-refractivity contribution in [2.24, 2.45) is 5.92 Å². The van der Waals surface area contributed by atoms with Crippen LogP contribution in [0.15, 0.2) is 30.3 Å². The first kappa shape index (κ1) is 16.3. The van der Waals surface area contributed by atoms with Gasteiger partial charge in [0, 0.05) is 51.4 Å². The van der Waals surface area contributed by atoms with Gasteiger partial charge in [-0.15, -0.1) is 0 Å². The van der Waals surface area contributed by atoms with Crippen molar-refractivity contribution >= 4 is 11.6 Å². The lowest BCUT2D eigenvalue weighted by Crippen LogP contribution is -2.49. The molecule has 2 aliphatic rings. The number of hydrogen-bond acceptors (Lipinski definition) is 3. The molecule has 1 atom stereocenters. The third kappa shape index (κ3) is 4.47. The molecule has 0 unspecified atom stereocenters. The summed E-state index contributed by atoms with van der Waals surface area (Å²) in [7, 11) is 0. The van der Waals surface area contributed by atoms with E-state index in [1.807, 2.05) is 11.0 Å². The van der Waals surface area contributed by atoms with Crippen LogP contribution in [-0.4, -0.2) is 61.5 Å². The van der Waals surface area contributed by atoms with Gasteiger partial charge in [0.1, 0.15) is 0 Å². The topological polar surface area (TPSA) is 26.8 Å². The maximum atomic E-state index is 12.4. The molecule has 23 heavy (non-hydrogen) atoms. The Morgan fingerprint density at radius 2 is 1.83 bits per heavy atom. The molecule has 4 heteroatoms. The number of nitrogens with zero attached hydrogens (tertiary/aromatic N) is 3. The zero-order chi connectivity index (χ0) is 16.1. The molecule has 2 heterocycles. The van der Waals surface area contributed by atoms with Gasteiger partial charge in [-0.05, 0) is 37.4 Å². The van der Waals surface area contributed by atoms with Crippen molar-refractivity contribution in [3.05, 3.63) is 30.3 Å². The van der Waals surface area contributed by atoms with Crippen LogP contribution in [0.25, 0.3) is 0 Å². The average Bonchev–Trinajstić information content (AvgIpc) is 2.61. The minimum absolute atomic E-state index is 0.330. The average molecular weight is 315 g/mol. The fourth-order valence-corrected chi connectivity index (χ4v) is 3.75. The molecule has 1 aromatic rings. The summed E-state index contributed by atoms with van der Waals surface area (Å²) in [5, 5.41) is 0. The zero-order valence-corrected chi connectivity index (χ0v) is 14.3. The molecule has 2 saturated heterocycles. The van der Waals surface area contributed by atoms with Crippen LogP contribution < -0.4 is 4.90 Å². The van der Waals surface area contributed by atoms with Crippen LogP contribution in [0.4, 0.5) is 5.69 Å². The van der Waals surface area contributed by atoms with E-state index in [2.05, 4.69) is 41.0 Å². The molecule has 0 radical (unpaired) electrons. The van der Waals surface area contributed by atoms with Gasteiger partial charge in [-0.25, -0.2) is 0 Å². The molecule has 0 aromatic heterocycles. The number of likely N-dealkylation sites (tertiary alicyclic amines) is 1. The molecule has 3 rings (SSSR count). The SMILES string of the molecule is C[C@@H]1CCCN(CCC(=O)N2CCN(c3ccccc3)CC2)C1. The van der Waals surface area contributed by atoms with E-state index in [0.29, 0.717) is 12.3 Å². The molecule has 0 spiro atoms. The van der Waals surface area contributed by atoms with Crippen LogP contribution in [0.3, 0.4) is 0 Å². The third-order valence-electron chi connectivity index (χ3n) is 5.14. The molecule has 2 fully saturated rings. The number of carbonyl (C=O) groups is 1. The van der Waals surface area contributed by atoms with E-state index < -0.39 is 0 Å². The fourth-order valence-electron chi connectivity index (χ4n) is 3.75. The van der Waals surface area contributed by atoms with Crippen LogP contribution in [-0.2, 0) is 4.79 Å². The maximum Gasteiger partial charge on any atom is 0.223 e. The Hall–Kier alpha value is -1.55. The monoisotopic (exact) mass is 315 g/mol. The van der Waals surface area contributed by atoms with Crippen molar-refractivity contribution in [3.8, 4) is 0 Å². The van der Waals surface area contributed by atoms with Gasteiger partial charge in [0.2, 0.25) is 5.91 Å². The molecule has 0 saturated carbocycles. The normalized spacial score (nSPS) is 23.1. The smallest absolute Gasteiger partial charge is 0.223 e. The number of hydrogen-bond donors (Lipinski definition) is 0. The first-order valence-electron chi connectivity index (χ1n) is 9.02. The second kappa shape index (κ2) is 7.82. The second-order valence-corrected chi connectivity index (χ2v) is 7.00. The van der Waals surface area contributed by atoms with Crippen molar-refractivity contribution < 1.29 is 4.79 Å². The Morgan fingerprint density at radius 3 is 2.52 bits per heavy atom. The van der Waals surface area contributed by atoms with Crippen LogP contribution in [0.5, 0.6) is 0 Å². The molecule has 1 aromatic carbocycles. The van der Waals surface area contributed by atoms with E-state index >= 15 is 0 Å². The molecule has 1 amide bonds. The van der Waals surface area contributed by atoms with Gasteiger partial charge in [0.15, 0.2) is 0 Å². The van der Waals surface area contributed by atoms with E-state index in [0.717, 1.165) is 45.2 Å². The summed E-state index contributed by atoms with van der Waals surface area (Å²) in [6, 6.07) is 10.5. The summed E-state index contributed by atoms with van der Waals surface area (Å²) in [5.41, 5.74) is 1.27. The van der Waals surface area contributed by atoms with Crippen LogP contribution in [0.2, 0.25) is 0 Å². The summed E-state index contributed by atoms with van der Waals surface area (Å²) < 4.78 is 0. The largest absolute Gasteiger partial charge is 0.368 e. The minimum Gasteiger partial charge on any atom is -0.368 e. The summed E-state index contributed by atoms with van der Waals surface area (Å²) >= 11 is 0. The van der Waals surface area contributed by atoms with Gasteiger partial charge in [-0.1, -0.05) is 25.1 Å². The van der Waals surface area contributed by atoms with Crippen molar-refractivity contribution in [1.29, 1.82) is 0 Å². The van der Waals surface area contributed by atoms with E-state index in [4.69, 9.17) is 0 Å². The lowest BCUT2D eigenvalue weighted by atomic mass is 10.0. The summed E-state index contributed by atoms with van der Waals surface area (Å²) in [4.78, 5) is 19.3. The van der Waals surface area contributed by atoms with Crippen LogP contribution in [0, 0.1) is 5.92 Å². The van der Waals surface area contributed by atoms with E-state index in [1.54, 1.807) is 0 Å². The number of para-hydroxylation sites is 1. The zero-order valence-electron chi connectivity index (χ0n) is 14.3. The fraction of sp³-hybridized carbons (Fsp3) is 0.632. The highest BCUT2D eigenvalue weighted by Gasteiger charge is 2.22. The van der Waals surface area contributed by atoms with Crippen molar-refractivity contribution in [2.75, 3.05) is 50.7 Å². The highest BCUT2D eigenvalue weighted by molar-refractivity contribution is 5.76. The molecule has 0 N–H and O–H groups in total. The van der Waals surface area contributed by atoms with Crippen LogP contribution >= 0.6 is 0 Å². The van der Waals surface area contributed by atoms with Crippen molar-refractivity contribution in [2.45, 2.75) is 26.2 Å². The molecular formula is C19H29N3O. The molecule has 4 nitrogen and oxygen atoms in total. The molecule has 2 aliphatic heterocycles.